The van der Waals surface area contributed by atoms with Crippen molar-refractivity contribution in [2.24, 2.45) is 39.4 Å². The molecule has 472 valence electrons. The van der Waals surface area contributed by atoms with Gasteiger partial charge in [0.05, 0.1) is 18.5 Å². The van der Waals surface area contributed by atoms with Crippen LogP contribution >= 0.6 is 35.3 Å². The van der Waals surface area contributed by atoms with Crippen LogP contribution in [0.15, 0.2) is 17.5 Å². The van der Waals surface area contributed by atoms with E-state index in [9.17, 15) is 67.4 Å². The number of aliphatic hydroxyl groups excluding tert-OH is 1. The molecule has 10 atom stereocenters. The number of nitrogens with two attached hydrogens (primary N) is 6. The molecule has 1 aromatic heterocycles. The number of nitrogens with one attached hydrogen (secondary N) is 10. The van der Waals surface area contributed by atoms with Crippen LogP contribution in [0.5, 0.6) is 0 Å². The number of aliphatic imine (C=N–C) groups is 1. The van der Waals surface area contributed by atoms with Crippen molar-refractivity contribution in [3.63, 3.8) is 0 Å². The van der Waals surface area contributed by atoms with Gasteiger partial charge < -0.3 is 97.5 Å². The Morgan fingerprint density at radius 1 is 0.536 bits per heavy atom. The molecule has 12 amide bonds. The van der Waals surface area contributed by atoms with Crippen LogP contribution in [0.1, 0.15) is 83.2 Å². The summed E-state index contributed by atoms with van der Waals surface area (Å²) >= 11 is 3.96. The highest BCUT2D eigenvalue weighted by Gasteiger charge is 2.36. The number of carboxylic acids is 1. The number of aromatic amines is 1. The molecule has 0 aliphatic rings. The number of carboxylic acid groups (broad SMARTS) is 1. The summed E-state index contributed by atoms with van der Waals surface area (Å²) in [5.41, 5.74) is 33.5. The van der Waals surface area contributed by atoms with Crippen LogP contribution in [-0.4, -0.2) is 213 Å². The van der Waals surface area contributed by atoms with Crippen LogP contribution in [0.2, 0.25) is 0 Å². The molecule has 1 aromatic rings. The minimum Gasteiger partial charge on any atom is -0.480 e. The van der Waals surface area contributed by atoms with E-state index >= 15 is 0 Å². The average molecular weight is 1250 g/mol. The lowest BCUT2D eigenvalue weighted by Crippen LogP contribution is -2.62. The molecule has 1 heterocycles. The number of primary amides is 3. The Bertz CT molecular complexity index is 2400. The number of carbonyl (C=O) groups is 13. The summed E-state index contributed by atoms with van der Waals surface area (Å²) in [5, 5.41) is 41.8. The molecule has 0 fully saturated rings. The molecule has 24 N–H and O–H groups in total. The van der Waals surface area contributed by atoms with Gasteiger partial charge in [-0.3, -0.25) is 67.3 Å². The monoisotopic (exact) mass is 1250 g/mol. The Hall–Kier alpha value is -7.44. The zero-order valence-corrected chi connectivity index (χ0v) is 49.7. The van der Waals surface area contributed by atoms with Gasteiger partial charge in [-0.1, -0.05) is 0 Å². The molecule has 84 heavy (non-hydrogen) atoms. The van der Waals surface area contributed by atoms with E-state index in [1.165, 1.54) is 47.8 Å². The molecule has 0 saturated carbocycles. The van der Waals surface area contributed by atoms with Gasteiger partial charge in [-0.2, -0.15) is 35.3 Å². The molecule has 33 nitrogen and oxygen atoms in total. The molecule has 0 aliphatic heterocycles. The lowest BCUT2D eigenvalue weighted by Gasteiger charge is -2.28. The van der Waals surface area contributed by atoms with Crippen molar-refractivity contribution >= 4 is 118 Å². The lowest BCUT2D eigenvalue weighted by molar-refractivity contribution is -0.138. The van der Waals surface area contributed by atoms with Gasteiger partial charge in [0.25, 0.3) is 0 Å². The summed E-state index contributed by atoms with van der Waals surface area (Å²) in [7, 11) is 0. The van der Waals surface area contributed by atoms with Crippen LogP contribution in [-0.2, 0) is 68.7 Å². The van der Waals surface area contributed by atoms with Crippen molar-refractivity contribution in [2.45, 2.75) is 144 Å². The topological polar surface area (TPSA) is 568 Å². The van der Waals surface area contributed by atoms with Crippen molar-refractivity contribution in [1.29, 1.82) is 0 Å². The van der Waals surface area contributed by atoms with E-state index in [4.69, 9.17) is 39.5 Å². The minimum atomic E-state index is -1.80. The van der Waals surface area contributed by atoms with E-state index in [2.05, 4.69) is 62.8 Å². The first-order chi connectivity index (χ1) is 39.6. The maximum absolute atomic E-state index is 14.2. The number of aliphatic carboxylic acids is 1. The van der Waals surface area contributed by atoms with Gasteiger partial charge in [-0.15, -0.1) is 0 Å². The number of thioether (sulfide) groups is 3. The predicted octanol–water partition coefficient (Wildman–Crippen LogP) is -7.15. The molecule has 0 bridgehead atoms. The van der Waals surface area contributed by atoms with Crippen LogP contribution in [0.4, 0.5) is 0 Å². The molecular weight excluding hydrogens is 1160 g/mol. The molecule has 0 spiro atoms. The Balaban J connectivity index is 3.57. The summed E-state index contributed by atoms with van der Waals surface area (Å²) in [6.07, 6.45) is 3.27. The van der Waals surface area contributed by atoms with Crippen molar-refractivity contribution in [3.05, 3.63) is 18.2 Å². The fourth-order valence-corrected chi connectivity index (χ4v) is 8.93. The maximum atomic E-state index is 14.2. The van der Waals surface area contributed by atoms with E-state index in [-0.39, 0.29) is 62.5 Å². The highest BCUT2D eigenvalue weighted by molar-refractivity contribution is 7.98. The van der Waals surface area contributed by atoms with Crippen molar-refractivity contribution < 1.29 is 72.5 Å². The second-order valence-corrected chi connectivity index (χ2v) is 21.9. The Morgan fingerprint density at radius 3 is 1.30 bits per heavy atom. The third-order valence-corrected chi connectivity index (χ3v) is 14.0. The van der Waals surface area contributed by atoms with E-state index in [0.717, 1.165) is 6.92 Å². The van der Waals surface area contributed by atoms with Crippen LogP contribution < -0.4 is 82.3 Å². The number of imidazole rings is 1. The first kappa shape index (κ1) is 74.6. The first-order valence-corrected chi connectivity index (χ1v) is 30.5. The molecule has 0 radical (unpaired) electrons. The highest BCUT2D eigenvalue weighted by Crippen LogP contribution is 2.11. The Morgan fingerprint density at radius 2 is 0.917 bits per heavy atom. The van der Waals surface area contributed by atoms with Crippen LogP contribution in [0.3, 0.4) is 0 Å². The van der Waals surface area contributed by atoms with Crippen LogP contribution in [0.25, 0.3) is 0 Å². The second-order valence-electron chi connectivity index (χ2n) is 19.0. The third kappa shape index (κ3) is 30.7. The molecule has 0 aliphatic carbocycles. The molecule has 36 heteroatoms. The third-order valence-electron chi connectivity index (χ3n) is 12.1. The fourth-order valence-electron chi connectivity index (χ4n) is 7.50. The van der Waals surface area contributed by atoms with Gasteiger partial charge in [0.1, 0.15) is 54.9 Å². The zero-order chi connectivity index (χ0) is 63.5. The summed E-state index contributed by atoms with van der Waals surface area (Å²) in [5.74, 6) is -12.2. The summed E-state index contributed by atoms with van der Waals surface area (Å²) in [6, 6.07) is -13.5. The van der Waals surface area contributed by atoms with Crippen molar-refractivity contribution in [3.8, 4) is 0 Å². The smallest absolute Gasteiger partial charge is 0.322 e. The second kappa shape index (κ2) is 40.7. The number of hydrogen-bond donors (Lipinski definition) is 18. The lowest BCUT2D eigenvalue weighted by atomic mass is 10.0. The first-order valence-electron chi connectivity index (χ1n) is 26.3. The van der Waals surface area contributed by atoms with Crippen molar-refractivity contribution in [1.82, 2.24) is 57.8 Å². The number of rotatable bonds is 44. The molecule has 1 rings (SSSR count). The van der Waals surface area contributed by atoms with E-state index in [1.54, 1.807) is 12.5 Å². The summed E-state index contributed by atoms with van der Waals surface area (Å²) in [6.45, 7) is 0.420. The van der Waals surface area contributed by atoms with Gasteiger partial charge >= 0.3 is 5.97 Å². The maximum Gasteiger partial charge on any atom is 0.322 e. The number of nitrogens with zero attached hydrogens (tertiary/aromatic N) is 2. The quantitative estimate of drug-likeness (QED) is 0.0164. The van der Waals surface area contributed by atoms with Crippen molar-refractivity contribution in [2.75, 3.05) is 49.1 Å². The predicted molar refractivity (Wildman–Crippen MR) is 312 cm³/mol. The normalized spacial score (nSPS) is 14.5. The average Bonchev–Trinajstić information content (AvgIpc) is 4.10. The number of carbonyl (C=O) groups excluding carboxylic acids is 12. The van der Waals surface area contributed by atoms with Crippen LogP contribution in [0, 0.1) is 0 Å². The molecular formula is C48H82N18O15S3. The zero-order valence-electron chi connectivity index (χ0n) is 47.2. The Kier molecular flexibility index (Phi) is 36.2. The number of H-pyrrole nitrogens is 1. The number of aliphatic hydroxyl groups is 1. The minimum absolute atomic E-state index is 0.0479. The molecule has 0 aromatic carbocycles. The van der Waals surface area contributed by atoms with E-state index < -0.39 is 182 Å². The van der Waals surface area contributed by atoms with Gasteiger partial charge in [0, 0.05) is 44.1 Å². The van der Waals surface area contributed by atoms with Gasteiger partial charge in [0.2, 0.25) is 70.9 Å². The van der Waals surface area contributed by atoms with E-state index in [0.29, 0.717) is 11.4 Å². The Labute approximate surface area is 497 Å². The van der Waals surface area contributed by atoms with Gasteiger partial charge in [-0.05, 0) is 94.3 Å². The largest absolute Gasteiger partial charge is 0.480 e. The fraction of sp³-hybridized carbons (Fsp3) is 0.646. The standard InChI is InChI=1S/C48H82N18O15S3/c1-24(67)38(66-46(80)27(6-5-16-56-48(53)54)59-39(73)26(49)13-17-82-2)47(81)64-30(9-12-36(52)70)43(77)62-31(14-18-83-3)44(78)61-28(7-10-34(50)68)41(75)60-29(8-11-35(51)69)42(76)63-32(15-19-84-4)45(79)65-33(20-25-21-55-23-58-25)40(74)57-22-37(71)72/h21,23-24,26-33,38,67H,5-20,22,49H2,1-4H3,(H2,50,68)(H2,51,69)(H2,52,70)(H,55,58)(H,57,74)(H,59,73)(H,60,75)(H,61,78)(H,62,77)(H,63,76)(H,64,81)(H,65,79)(H,66,80)(H,71,72)(H4,53,54,56)/t24-,26+,27+,28+,29+,30+,31+,32+,33+,38+/m1/s1. The van der Waals surface area contributed by atoms with Gasteiger partial charge in [0.15, 0.2) is 5.96 Å². The summed E-state index contributed by atoms with van der Waals surface area (Å²) < 4.78 is 0. The number of guanidine groups is 1. The number of aromatic nitrogens is 2. The van der Waals surface area contributed by atoms with Gasteiger partial charge in [-0.25, -0.2) is 4.98 Å². The summed E-state index contributed by atoms with van der Waals surface area (Å²) in [4.78, 5) is 182. The molecule has 0 saturated heterocycles. The SMILES string of the molecule is CSCC[C@H](NC(=O)[C@H](CCC(N)=O)NC(=O)[C@H](CCC(N)=O)NC(=O)[C@H](CCSC)NC(=O)[C@H](CCC(N)=O)NC(=O)[C@@H](NC(=O)[C@H](CCCN=C(N)N)NC(=O)[C@@H](N)CCSC)[C@@H](C)O)C(=O)N[C@@H](Cc1cnc[nH]1)C(=O)NCC(=O)O. The number of hydrogen-bond acceptors (Lipinski definition) is 20. The van der Waals surface area contributed by atoms with E-state index in [1.807, 2.05) is 6.26 Å². The highest BCUT2D eigenvalue weighted by atomic mass is 32.2. The molecule has 0 unspecified atom stereocenters. The number of amides is 12.